The summed E-state index contributed by atoms with van der Waals surface area (Å²) in [4.78, 5) is 21.8. The summed E-state index contributed by atoms with van der Waals surface area (Å²) in [5, 5.41) is 31.6. The lowest BCUT2D eigenvalue weighted by molar-refractivity contribution is -0.393. The van der Waals surface area contributed by atoms with Crippen molar-refractivity contribution in [1.82, 2.24) is 0 Å². The van der Waals surface area contributed by atoms with Crippen molar-refractivity contribution in [3.63, 3.8) is 0 Å². The zero-order valence-electron chi connectivity index (χ0n) is 13.9. The molecule has 1 atom stereocenters. The monoisotopic (exact) mass is 388 g/mol. The largest absolute Gasteiger partial charge is 0.416 e. The van der Waals surface area contributed by atoms with Crippen LogP contribution < -0.4 is 4.90 Å². The average molecular weight is 388 g/mol. The van der Waals surface area contributed by atoms with Crippen LogP contribution in [0.2, 0.25) is 0 Å². The number of rotatable bonds is 7. The lowest BCUT2D eigenvalue weighted by atomic mass is 10.1. The molecule has 1 unspecified atom stereocenters. The Morgan fingerprint density at radius 1 is 1.26 bits per heavy atom. The first-order chi connectivity index (χ1) is 12.6. The first kappa shape index (κ1) is 20.4. The number of nitriles is 1. The molecule has 1 aliphatic heterocycles. The summed E-state index contributed by atoms with van der Waals surface area (Å²) in [5.74, 6) is 0. The van der Waals surface area contributed by atoms with Gasteiger partial charge in [0.2, 0.25) is 0 Å². The van der Waals surface area contributed by atoms with Crippen molar-refractivity contribution >= 4 is 17.1 Å². The molecule has 0 spiro atoms. The van der Waals surface area contributed by atoms with E-state index in [1.54, 1.807) is 0 Å². The van der Waals surface area contributed by atoms with Gasteiger partial charge in [-0.05, 0) is 12.8 Å². The molecular formula is C15H15F3N4O5. The van der Waals surface area contributed by atoms with Gasteiger partial charge in [-0.15, -0.1) is 0 Å². The number of alkyl halides is 3. The highest BCUT2D eigenvalue weighted by Gasteiger charge is 2.39. The molecule has 1 aliphatic rings. The Morgan fingerprint density at radius 3 is 2.26 bits per heavy atom. The third-order valence-electron chi connectivity index (χ3n) is 4.05. The number of hydrogen-bond acceptors (Lipinski definition) is 7. The highest BCUT2D eigenvalue weighted by molar-refractivity contribution is 5.76. The zero-order valence-corrected chi connectivity index (χ0v) is 13.9. The summed E-state index contributed by atoms with van der Waals surface area (Å²) in [7, 11) is 0. The van der Waals surface area contributed by atoms with E-state index in [-0.39, 0.29) is 37.7 Å². The fraction of sp³-hybridized carbons (Fsp3) is 0.533. The summed E-state index contributed by atoms with van der Waals surface area (Å²) in [6.45, 7) is 0.325. The van der Waals surface area contributed by atoms with Crippen LogP contribution in [0.25, 0.3) is 0 Å². The van der Waals surface area contributed by atoms with Crippen LogP contribution in [0.15, 0.2) is 12.1 Å². The summed E-state index contributed by atoms with van der Waals surface area (Å²) >= 11 is 0. The molecule has 0 amide bonds. The number of nitrogens with zero attached hydrogens (tertiary/aromatic N) is 4. The van der Waals surface area contributed by atoms with E-state index in [2.05, 4.69) is 0 Å². The quantitative estimate of drug-likeness (QED) is 0.518. The van der Waals surface area contributed by atoms with Gasteiger partial charge in [0.1, 0.15) is 0 Å². The smallest absolute Gasteiger partial charge is 0.376 e. The number of nitro groups is 2. The maximum atomic E-state index is 13.0. The number of nitro benzene ring substituents is 2. The Balaban J connectivity index is 2.62. The molecule has 1 aromatic rings. The third-order valence-corrected chi connectivity index (χ3v) is 4.05. The van der Waals surface area contributed by atoms with Crippen LogP contribution in [0.4, 0.5) is 30.2 Å². The Bertz CT molecular complexity index is 737. The molecule has 27 heavy (non-hydrogen) atoms. The highest BCUT2D eigenvalue weighted by Crippen LogP contribution is 2.43. The van der Waals surface area contributed by atoms with E-state index in [0.29, 0.717) is 13.0 Å². The molecule has 0 radical (unpaired) electrons. The molecule has 1 fully saturated rings. The molecule has 9 nitrogen and oxygen atoms in total. The Morgan fingerprint density at radius 2 is 1.85 bits per heavy atom. The van der Waals surface area contributed by atoms with Crippen LogP contribution in [0, 0.1) is 31.6 Å². The highest BCUT2D eigenvalue weighted by atomic mass is 19.4. The predicted molar refractivity (Wildman–Crippen MR) is 86.2 cm³/mol. The van der Waals surface area contributed by atoms with Crippen molar-refractivity contribution in [2.24, 2.45) is 0 Å². The van der Waals surface area contributed by atoms with Crippen molar-refractivity contribution in [3.05, 3.63) is 37.9 Å². The second kappa shape index (κ2) is 8.17. The molecule has 1 aromatic carbocycles. The first-order valence-electron chi connectivity index (χ1n) is 7.92. The molecule has 0 N–H and O–H groups in total. The minimum absolute atomic E-state index is 0.00523. The molecule has 1 heterocycles. The summed E-state index contributed by atoms with van der Waals surface area (Å²) in [6, 6.07) is 2.37. The standard InChI is InChI=1S/C15H15F3N4O5/c16-15(17,18)10-7-12(21(23)24)14(13(8-10)22(25)26)20(5-2-4-19)9-11-3-1-6-27-11/h7-8,11H,1-3,5-6,9H2. The maximum Gasteiger partial charge on any atom is 0.416 e. The van der Waals surface area contributed by atoms with E-state index in [1.165, 1.54) is 4.90 Å². The van der Waals surface area contributed by atoms with Crippen LogP contribution in [-0.4, -0.2) is 35.6 Å². The lowest BCUT2D eigenvalue weighted by Crippen LogP contribution is -2.34. The minimum atomic E-state index is -4.99. The van der Waals surface area contributed by atoms with Gasteiger partial charge in [0.15, 0.2) is 5.69 Å². The van der Waals surface area contributed by atoms with E-state index in [1.807, 2.05) is 6.07 Å². The van der Waals surface area contributed by atoms with Gasteiger partial charge in [-0.2, -0.15) is 18.4 Å². The third kappa shape index (κ3) is 4.82. The second-order valence-corrected chi connectivity index (χ2v) is 5.86. The second-order valence-electron chi connectivity index (χ2n) is 5.86. The van der Waals surface area contributed by atoms with E-state index in [0.717, 1.165) is 6.42 Å². The first-order valence-corrected chi connectivity index (χ1v) is 7.92. The molecule has 2 rings (SSSR count). The SMILES string of the molecule is N#CCCN(CC1CCCO1)c1c([N+](=O)[O-])cc(C(F)(F)F)cc1[N+](=O)[O-]. The molecule has 12 heteroatoms. The fourth-order valence-electron chi connectivity index (χ4n) is 2.88. The van der Waals surface area contributed by atoms with Gasteiger partial charge >= 0.3 is 6.18 Å². The lowest BCUT2D eigenvalue weighted by Gasteiger charge is -2.26. The Labute approximate surface area is 151 Å². The summed E-state index contributed by atoms with van der Waals surface area (Å²) in [5.41, 5.74) is -4.11. The molecule has 146 valence electrons. The van der Waals surface area contributed by atoms with Crippen LogP contribution >= 0.6 is 0 Å². The summed E-state index contributed by atoms with van der Waals surface area (Å²) < 4.78 is 44.5. The van der Waals surface area contributed by atoms with Crippen molar-refractivity contribution < 1.29 is 27.8 Å². The van der Waals surface area contributed by atoms with Crippen molar-refractivity contribution in [3.8, 4) is 6.07 Å². The topological polar surface area (TPSA) is 123 Å². The van der Waals surface area contributed by atoms with Crippen LogP contribution in [0.5, 0.6) is 0 Å². The minimum Gasteiger partial charge on any atom is -0.376 e. The Kier molecular flexibility index (Phi) is 6.17. The van der Waals surface area contributed by atoms with Gasteiger partial charge in [0.25, 0.3) is 11.4 Å². The number of hydrogen-bond donors (Lipinski definition) is 0. The number of halogens is 3. The van der Waals surface area contributed by atoms with Gasteiger partial charge in [0.05, 0.1) is 34.0 Å². The molecule has 0 aromatic heterocycles. The van der Waals surface area contributed by atoms with Gasteiger partial charge in [-0.1, -0.05) is 0 Å². The van der Waals surface area contributed by atoms with E-state index in [4.69, 9.17) is 10.00 Å². The van der Waals surface area contributed by atoms with Gasteiger partial charge < -0.3 is 9.64 Å². The Hall–Kier alpha value is -2.94. The van der Waals surface area contributed by atoms with Gasteiger partial charge in [-0.25, -0.2) is 0 Å². The van der Waals surface area contributed by atoms with Crippen LogP contribution in [-0.2, 0) is 10.9 Å². The van der Waals surface area contributed by atoms with Crippen LogP contribution in [0.1, 0.15) is 24.8 Å². The molecule has 0 bridgehead atoms. The normalized spacial score (nSPS) is 16.7. The number of ether oxygens (including phenoxy) is 1. The molecular weight excluding hydrogens is 373 g/mol. The summed E-state index contributed by atoms with van der Waals surface area (Å²) in [6.07, 6.45) is -4.16. The van der Waals surface area contributed by atoms with Crippen molar-refractivity contribution in [2.45, 2.75) is 31.5 Å². The number of benzene rings is 1. The van der Waals surface area contributed by atoms with Gasteiger partial charge in [0, 0.05) is 31.8 Å². The van der Waals surface area contributed by atoms with Crippen molar-refractivity contribution in [2.75, 3.05) is 24.6 Å². The zero-order chi connectivity index (χ0) is 20.2. The maximum absolute atomic E-state index is 13.0. The van der Waals surface area contributed by atoms with E-state index < -0.39 is 38.6 Å². The van der Waals surface area contributed by atoms with Gasteiger partial charge in [-0.3, -0.25) is 20.2 Å². The van der Waals surface area contributed by atoms with E-state index >= 15 is 0 Å². The van der Waals surface area contributed by atoms with Crippen LogP contribution in [0.3, 0.4) is 0 Å². The molecule has 0 aliphatic carbocycles. The number of anilines is 1. The fourth-order valence-corrected chi connectivity index (χ4v) is 2.88. The average Bonchev–Trinajstić information content (AvgIpc) is 3.09. The predicted octanol–water partition coefficient (Wildman–Crippen LogP) is 3.42. The van der Waals surface area contributed by atoms with E-state index in [9.17, 15) is 33.4 Å². The van der Waals surface area contributed by atoms with Crippen molar-refractivity contribution in [1.29, 1.82) is 5.26 Å². The molecule has 1 saturated heterocycles. The molecule has 0 saturated carbocycles.